The third-order valence-corrected chi connectivity index (χ3v) is 8.07. The lowest BCUT2D eigenvalue weighted by molar-refractivity contribution is -0.148. The van der Waals surface area contributed by atoms with Gasteiger partial charge in [-0.1, -0.05) is 22.8 Å². The van der Waals surface area contributed by atoms with Crippen LogP contribution in [0.3, 0.4) is 0 Å². The maximum absolute atomic E-state index is 14.5. The van der Waals surface area contributed by atoms with Crippen molar-refractivity contribution < 1.29 is 48.1 Å². The highest BCUT2D eigenvalue weighted by Gasteiger charge is 2.54. The molecule has 0 radical (unpaired) electrons. The van der Waals surface area contributed by atoms with Crippen LogP contribution >= 0.6 is 23.4 Å². The smallest absolute Gasteiger partial charge is 0.352 e. The summed E-state index contributed by atoms with van der Waals surface area (Å²) >= 11 is 7.27. The first-order valence-electron chi connectivity index (χ1n) is 11.8. The van der Waals surface area contributed by atoms with Gasteiger partial charge in [0.25, 0.3) is 11.8 Å². The lowest BCUT2D eigenvalue weighted by atomic mass is 10.0. The molecule has 4 N–H and O–H groups in total. The molecule has 0 aliphatic carbocycles. The summed E-state index contributed by atoms with van der Waals surface area (Å²) < 4.78 is 24.8. The Bertz CT molecular complexity index is 1640. The summed E-state index contributed by atoms with van der Waals surface area (Å²) in [5.74, 6) is -5.45. The van der Waals surface area contributed by atoms with Gasteiger partial charge in [-0.3, -0.25) is 14.5 Å². The summed E-state index contributed by atoms with van der Waals surface area (Å²) in [6.45, 7) is 0.970. The summed E-state index contributed by atoms with van der Waals surface area (Å²) in [6.07, 6.45) is 0. The number of aliphatic carboxylic acids is 1. The molecule has 5 rings (SSSR count). The van der Waals surface area contributed by atoms with E-state index in [9.17, 15) is 38.9 Å². The standard InChI is InChI=1S/C26H19ClFN3O9S/c1-10-17(19(30-40-10)18-13(27)3-2-4-14(18)28)22(34)29-20-23(35)31-21(25(36)37)12(9-41-24(20)31)8-39-26(38)11-5-6-15(32)16(33)7-11/h2-7,20,24,32-33H,8-9H2,1H3,(H,29,34)(H,36,37)/t20-,24-/m1/s1. The van der Waals surface area contributed by atoms with Gasteiger partial charge in [-0.05, 0) is 37.3 Å². The van der Waals surface area contributed by atoms with E-state index >= 15 is 0 Å². The number of ether oxygens (including phenoxy) is 1. The number of carboxylic acids is 1. The second kappa shape index (κ2) is 10.8. The van der Waals surface area contributed by atoms with E-state index in [-0.39, 0.29) is 50.2 Å². The number of carbonyl (C=O) groups excluding carboxylic acids is 3. The molecule has 0 spiro atoms. The number of phenols is 2. The maximum atomic E-state index is 14.5. The zero-order valence-electron chi connectivity index (χ0n) is 20.9. The number of esters is 1. The molecular weight excluding hydrogens is 585 g/mol. The van der Waals surface area contributed by atoms with Gasteiger partial charge in [0.2, 0.25) is 0 Å². The van der Waals surface area contributed by atoms with Crippen LogP contribution in [0.15, 0.2) is 52.2 Å². The molecule has 41 heavy (non-hydrogen) atoms. The van der Waals surface area contributed by atoms with Crippen LogP contribution in [-0.2, 0) is 14.3 Å². The minimum Gasteiger partial charge on any atom is -0.504 e. The molecule has 15 heteroatoms. The van der Waals surface area contributed by atoms with Crippen molar-refractivity contribution >= 4 is 47.1 Å². The number of thioether (sulfide) groups is 1. The summed E-state index contributed by atoms with van der Waals surface area (Å²) in [4.78, 5) is 51.8. The van der Waals surface area contributed by atoms with Gasteiger partial charge in [-0.15, -0.1) is 11.8 Å². The first kappa shape index (κ1) is 28.0. The predicted octanol–water partition coefficient (Wildman–Crippen LogP) is 3.06. The van der Waals surface area contributed by atoms with Gasteiger partial charge in [0.15, 0.2) is 11.5 Å². The molecule has 2 aliphatic heterocycles. The maximum Gasteiger partial charge on any atom is 0.352 e. The Kier molecular flexibility index (Phi) is 7.36. The van der Waals surface area contributed by atoms with E-state index in [2.05, 4.69) is 10.5 Å². The van der Waals surface area contributed by atoms with Crippen LogP contribution in [0.2, 0.25) is 5.02 Å². The quantitative estimate of drug-likeness (QED) is 0.177. The number of aromatic nitrogens is 1. The molecular formula is C26H19ClFN3O9S. The van der Waals surface area contributed by atoms with Crippen molar-refractivity contribution in [2.45, 2.75) is 18.3 Å². The predicted molar refractivity (Wildman–Crippen MR) is 141 cm³/mol. The Hall–Kier alpha value is -4.56. The average Bonchev–Trinajstić information content (AvgIpc) is 3.31. The van der Waals surface area contributed by atoms with Gasteiger partial charge in [-0.25, -0.2) is 14.0 Å². The van der Waals surface area contributed by atoms with Crippen molar-refractivity contribution in [3.63, 3.8) is 0 Å². The van der Waals surface area contributed by atoms with Crippen molar-refractivity contribution in [1.82, 2.24) is 15.4 Å². The molecule has 1 fully saturated rings. The van der Waals surface area contributed by atoms with Crippen molar-refractivity contribution in [3.8, 4) is 22.8 Å². The van der Waals surface area contributed by atoms with Crippen LogP contribution in [0.4, 0.5) is 4.39 Å². The number of aromatic hydroxyl groups is 2. The molecule has 0 saturated carbocycles. The number of fused-ring (bicyclic) bond motifs is 1. The highest BCUT2D eigenvalue weighted by molar-refractivity contribution is 8.00. The molecule has 1 aromatic heterocycles. The number of hydrogen-bond donors (Lipinski definition) is 4. The second-order valence-electron chi connectivity index (χ2n) is 8.96. The number of aryl methyl sites for hydroxylation is 1. The zero-order valence-corrected chi connectivity index (χ0v) is 22.5. The lowest BCUT2D eigenvalue weighted by Crippen LogP contribution is -2.70. The van der Waals surface area contributed by atoms with Crippen molar-refractivity contribution in [1.29, 1.82) is 0 Å². The topological polar surface area (TPSA) is 179 Å². The van der Waals surface area contributed by atoms with E-state index in [0.29, 0.717) is 0 Å². The number of rotatable bonds is 7. The van der Waals surface area contributed by atoms with E-state index in [1.807, 2.05) is 0 Å². The minimum absolute atomic E-state index is 0.00670. The summed E-state index contributed by atoms with van der Waals surface area (Å²) in [5, 5.41) is 34.4. The SMILES string of the molecule is Cc1onc(-c2c(F)cccc2Cl)c1C(=O)N[C@@H]1C(=O)N2C(C(=O)O)=C(COC(=O)c3ccc(O)c(O)c3)CS[C@H]12. The molecule has 0 bridgehead atoms. The number of carboxylic acid groups (broad SMARTS) is 1. The zero-order chi connectivity index (χ0) is 29.6. The van der Waals surface area contributed by atoms with E-state index in [1.54, 1.807) is 0 Å². The second-order valence-corrected chi connectivity index (χ2v) is 10.5. The Labute approximate surface area is 239 Å². The number of carbonyl (C=O) groups is 4. The van der Waals surface area contributed by atoms with Crippen molar-refractivity contribution in [3.05, 3.63) is 75.4 Å². The average molecular weight is 604 g/mol. The van der Waals surface area contributed by atoms with E-state index in [1.165, 1.54) is 25.1 Å². The summed E-state index contributed by atoms with van der Waals surface area (Å²) in [7, 11) is 0. The Morgan fingerprint density at radius 3 is 2.68 bits per heavy atom. The number of nitrogens with one attached hydrogen (secondary N) is 1. The number of benzene rings is 2. The van der Waals surface area contributed by atoms with Crippen LogP contribution in [0.1, 0.15) is 26.5 Å². The molecule has 3 heterocycles. The minimum atomic E-state index is -1.44. The Morgan fingerprint density at radius 2 is 2.00 bits per heavy atom. The first-order valence-corrected chi connectivity index (χ1v) is 13.2. The molecule has 1 saturated heterocycles. The van der Waals surface area contributed by atoms with E-state index in [4.69, 9.17) is 20.9 Å². The highest BCUT2D eigenvalue weighted by atomic mass is 35.5. The Morgan fingerprint density at radius 1 is 1.24 bits per heavy atom. The molecule has 2 amide bonds. The fraction of sp³-hybridized carbons (Fsp3) is 0.192. The number of phenolic OH excluding ortho intramolecular Hbond substituents is 2. The van der Waals surface area contributed by atoms with E-state index < -0.39 is 59.1 Å². The van der Waals surface area contributed by atoms with Crippen LogP contribution < -0.4 is 5.32 Å². The monoisotopic (exact) mass is 603 g/mol. The van der Waals surface area contributed by atoms with Crippen molar-refractivity contribution in [2.75, 3.05) is 12.4 Å². The van der Waals surface area contributed by atoms with Gasteiger partial charge in [0, 0.05) is 11.3 Å². The third kappa shape index (κ3) is 4.95. The van der Waals surface area contributed by atoms with Crippen LogP contribution in [-0.4, -0.2) is 72.9 Å². The molecule has 12 nitrogen and oxygen atoms in total. The van der Waals surface area contributed by atoms with E-state index in [0.717, 1.165) is 34.9 Å². The van der Waals surface area contributed by atoms with Crippen LogP contribution in [0, 0.1) is 12.7 Å². The molecule has 212 valence electrons. The first-order chi connectivity index (χ1) is 19.5. The van der Waals surface area contributed by atoms with Gasteiger partial charge in [-0.2, -0.15) is 0 Å². The summed E-state index contributed by atoms with van der Waals surface area (Å²) in [6, 6.07) is 6.12. The Balaban J connectivity index is 1.33. The molecule has 2 aliphatic rings. The number of β-lactam (4-membered cyclic amide) rings is 1. The number of amides is 2. The fourth-order valence-electron chi connectivity index (χ4n) is 4.43. The lowest BCUT2D eigenvalue weighted by Gasteiger charge is -2.49. The van der Waals surface area contributed by atoms with Gasteiger partial charge >= 0.3 is 11.9 Å². The number of hydrogen-bond acceptors (Lipinski definition) is 10. The van der Waals surface area contributed by atoms with Gasteiger partial charge < -0.3 is 29.9 Å². The van der Waals surface area contributed by atoms with Crippen LogP contribution in [0.25, 0.3) is 11.3 Å². The van der Waals surface area contributed by atoms with Gasteiger partial charge in [0.05, 0.1) is 16.1 Å². The molecule has 2 aromatic carbocycles. The van der Waals surface area contributed by atoms with Crippen molar-refractivity contribution in [2.24, 2.45) is 0 Å². The van der Waals surface area contributed by atoms with Gasteiger partial charge in [0.1, 0.15) is 46.6 Å². The molecule has 0 unspecified atom stereocenters. The van der Waals surface area contributed by atoms with Crippen LogP contribution in [0.5, 0.6) is 11.5 Å². The number of halogens is 2. The molecule has 2 atom stereocenters. The summed E-state index contributed by atoms with van der Waals surface area (Å²) in [5.41, 5.74) is -0.763. The normalized spacial score (nSPS) is 18.0. The fourth-order valence-corrected chi connectivity index (χ4v) is 6.01. The highest BCUT2D eigenvalue weighted by Crippen LogP contribution is 2.41. The molecule has 3 aromatic rings. The largest absolute Gasteiger partial charge is 0.504 e. The number of nitrogens with zero attached hydrogens (tertiary/aromatic N) is 2. The third-order valence-electron chi connectivity index (χ3n) is 6.41.